The van der Waals surface area contributed by atoms with Crippen molar-refractivity contribution in [3.05, 3.63) is 0 Å². The summed E-state index contributed by atoms with van der Waals surface area (Å²) < 4.78 is 0. The van der Waals surface area contributed by atoms with Crippen LogP contribution >= 0.6 is 11.8 Å². The third kappa shape index (κ3) is 4.59. The number of carboxylic acids is 1. The first-order valence-corrected chi connectivity index (χ1v) is 7.60. The molecular formula is C12H21N3O4S. The molecule has 1 heterocycles. The van der Waals surface area contributed by atoms with E-state index >= 15 is 0 Å². The minimum absolute atomic E-state index is 0.00385. The van der Waals surface area contributed by atoms with E-state index in [0.717, 1.165) is 0 Å². The van der Waals surface area contributed by atoms with E-state index in [2.05, 4.69) is 5.32 Å². The lowest BCUT2D eigenvalue weighted by atomic mass is 10.3. The second kappa shape index (κ2) is 7.37. The molecule has 2 N–H and O–H groups in total. The average molecular weight is 303 g/mol. The summed E-state index contributed by atoms with van der Waals surface area (Å²) in [5.74, 6) is -0.172. The lowest BCUT2D eigenvalue weighted by Gasteiger charge is -2.35. The number of hydrogen-bond donors (Lipinski definition) is 2. The van der Waals surface area contributed by atoms with Crippen LogP contribution in [0.4, 0.5) is 4.79 Å². The van der Waals surface area contributed by atoms with Crippen molar-refractivity contribution in [1.82, 2.24) is 15.1 Å². The lowest BCUT2D eigenvalue weighted by molar-refractivity contribution is -0.141. The summed E-state index contributed by atoms with van der Waals surface area (Å²) in [6.07, 6.45) is 0. The van der Waals surface area contributed by atoms with Crippen molar-refractivity contribution in [3.63, 3.8) is 0 Å². The molecule has 0 radical (unpaired) electrons. The Hall–Kier alpha value is -1.44. The standard InChI is InChI=1S/C12H21N3O4S/c1-8(2)13-10(16)6-14(3)12(19)15-4-5-20-7-9(15)11(17)18/h8-9H,4-7H2,1-3H3,(H,13,16)(H,17,18). The zero-order chi connectivity index (χ0) is 15.3. The van der Waals surface area contributed by atoms with Gasteiger partial charge in [-0.2, -0.15) is 11.8 Å². The Morgan fingerprint density at radius 3 is 2.65 bits per heavy atom. The van der Waals surface area contributed by atoms with Gasteiger partial charge in [0.25, 0.3) is 0 Å². The monoisotopic (exact) mass is 303 g/mol. The molecule has 8 heteroatoms. The van der Waals surface area contributed by atoms with Crippen LogP contribution in [0.5, 0.6) is 0 Å². The van der Waals surface area contributed by atoms with Crippen LogP contribution in [0.2, 0.25) is 0 Å². The van der Waals surface area contributed by atoms with Crippen molar-refractivity contribution in [1.29, 1.82) is 0 Å². The minimum Gasteiger partial charge on any atom is -0.480 e. The molecule has 20 heavy (non-hydrogen) atoms. The summed E-state index contributed by atoms with van der Waals surface area (Å²) in [4.78, 5) is 37.6. The van der Waals surface area contributed by atoms with Gasteiger partial charge in [0.15, 0.2) is 0 Å². The number of nitrogens with one attached hydrogen (secondary N) is 1. The highest BCUT2D eigenvalue weighted by Gasteiger charge is 2.34. The van der Waals surface area contributed by atoms with E-state index in [1.54, 1.807) is 0 Å². The van der Waals surface area contributed by atoms with Gasteiger partial charge in [0, 0.05) is 31.1 Å². The zero-order valence-electron chi connectivity index (χ0n) is 12.0. The van der Waals surface area contributed by atoms with Crippen LogP contribution in [0, 0.1) is 0 Å². The SMILES string of the molecule is CC(C)NC(=O)CN(C)C(=O)N1CCSCC1C(=O)O. The van der Waals surface area contributed by atoms with Crippen LogP contribution in [0.25, 0.3) is 0 Å². The summed E-state index contributed by atoms with van der Waals surface area (Å²) in [7, 11) is 1.50. The first kappa shape index (κ1) is 16.6. The molecule has 0 aliphatic carbocycles. The zero-order valence-corrected chi connectivity index (χ0v) is 12.8. The van der Waals surface area contributed by atoms with Crippen molar-refractivity contribution < 1.29 is 19.5 Å². The smallest absolute Gasteiger partial charge is 0.327 e. The molecule has 114 valence electrons. The molecule has 7 nitrogen and oxygen atoms in total. The number of nitrogens with zero attached hydrogens (tertiary/aromatic N) is 2. The molecule has 3 amide bonds. The maximum Gasteiger partial charge on any atom is 0.327 e. The first-order valence-electron chi connectivity index (χ1n) is 6.44. The third-order valence-electron chi connectivity index (χ3n) is 2.82. The fraction of sp³-hybridized carbons (Fsp3) is 0.750. The molecule has 1 fully saturated rings. The van der Waals surface area contributed by atoms with Gasteiger partial charge in [0.1, 0.15) is 12.6 Å². The highest BCUT2D eigenvalue weighted by atomic mass is 32.2. The fourth-order valence-electron chi connectivity index (χ4n) is 1.91. The summed E-state index contributed by atoms with van der Waals surface area (Å²) in [5, 5.41) is 11.8. The van der Waals surface area contributed by atoms with E-state index in [9.17, 15) is 14.4 Å². The predicted molar refractivity (Wildman–Crippen MR) is 76.8 cm³/mol. The lowest BCUT2D eigenvalue weighted by Crippen LogP contribution is -2.55. The number of amides is 3. The van der Waals surface area contributed by atoms with Crippen molar-refractivity contribution in [3.8, 4) is 0 Å². The third-order valence-corrected chi connectivity index (χ3v) is 3.84. The number of thioether (sulfide) groups is 1. The molecule has 1 atom stereocenters. The molecule has 1 rings (SSSR count). The van der Waals surface area contributed by atoms with Crippen molar-refractivity contribution in [2.45, 2.75) is 25.9 Å². The molecule has 0 spiro atoms. The average Bonchev–Trinajstić information content (AvgIpc) is 2.36. The Balaban J connectivity index is 2.62. The van der Waals surface area contributed by atoms with Gasteiger partial charge in [-0.25, -0.2) is 9.59 Å². The van der Waals surface area contributed by atoms with Gasteiger partial charge in [-0.3, -0.25) is 4.79 Å². The Morgan fingerprint density at radius 2 is 2.10 bits per heavy atom. The molecule has 0 bridgehead atoms. The highest BCUT2D eigenvalue weighted by molar-refractivity contribution is 7.99. The van der Waals surface area contributed by atoms with E-state index < -0.39 is 18.0 Å². The van der Waals surface area contributed by atoms with E-state index in [1.165, 1.54) is 28.6 Å². The van der Waals surface area contributed by atoms with Crippen LogP contribution < -0.4 is 5.32 Å². The first-order chi connectivity index (χ1) is 9.32. The number of urea groups is 1. The van der Waals surface area contributed by atoms with Gasteiger partial charge in [0.05, 0.1) is 0 Å². The molecular weight excluding hydrogens is 282 g/mol. The summed E-state index contributed by atoms with van der Waals surface area (Å²) in [6.45, 7) is 3.98. The molecule has 1 saturated heterocycles. The van der Waals surface area contributed by atoms with Crippen LogP contribution in [0.1, 0.15) is 13.8 Å². The van der Waals surface area contributed by atoms with Crippen LogP contribution in [-0.4, -0.2) is 76.5 Å². The largest absolute Gasteiger partial charge is 0.480 e. The summed E-state index contributed by atoms with van der Waals surface area (Å²) >= 11 is 1.51. The maximum atomic E-state index is 12.2. The van der Waals surface area contributed by atoms with Crippen LogP contribution in [-0.2, 0) is 9.59 Å². The van der Waals surface area contributed by atoms with Gasteiger partial charge in [-0.05, 0) is 13.8 Å². The van der Waals surface area contributed by atoms with Gasteiger partial charge in [-0.15, -0.1) is 0 Å². The van der Waals surface area contributed by atoms with Gasteiger partial charge in [-0.1, -0.05) is 0 Å². The fourth-order valence-corrected chi connectivity index (χ4v) is 2.95. The molecule has 0 aromatic carbocycles. The Bertz CT molecular complexity index is 389. The number of rotatable bonds is 4. The van der Waals surface area contributed by atoms with Gasteiger partial charge in [0.2, 0.25) is 5.91 Å². The number of aliphatic carboxylic acids is 1. The van der Waals surface area contributed by atoms with E-state index in [1.807, 2.05) is 13.8 Å². The Morgan fingerprint density at radius 1 is 1.45 bits per heavy atom. The van der Waals surface area contributed by atoms with Crippen molar-refractivity contribution >= 4 is 29.7 Å². The normalized spacial score (nSPS) is 18.8. The maximum absolute atomic E-state index is 12.2. The van der Waals surface area contributed by atoms with E-state index in [-0.39, 0.29) is 18.5 Å². The van der Waals surface area contributed by atoms with Crippen molar-refractivity contribution in [2.24, 2.45) is 0 Å². The Kier molecular flexibility index (Phi) is 6.12. The van der Waals surface area contributed by atoms with Gasteiger partial charge >= 0.3 is 12.0 Å². The molecule has 0 aromatic rings. The number of carbonyl (C=O) groups excluding carboxylic acids is 2. The number of carbonyl (C=O) groups is 3. The molecule has 1 aliphatic rings. The molecule has 1 aliphatic heterocycles. The second-order valence-electron chi connectivity index (χ2n) is 4.98. The van der Waals surface area contributed by atoms with E-state index in [4.69, 9.17) is 5.11 Å². The van der Waals surface area contributed by atoms with Crippen LogP contribution in [0.15, 0.2) is 0 Å². The summed E-state index contributed by atoms with van der Waals surface area (Å²) in [6, 6.07) is -1.24. The molecule has 0 saturated carbocycles. The quantitative estimate of drug-likeness (QED) is 0.767. The van der Waals surface area contributed by atoms with Gasteiger partial charge < -0.3 is 20.2 Å². The second-order valence-corrected chi connectivity index (χ2v) is 6.13. The topological polar surface area (TPSA) is 90.0 Å². The van der Waals surface area contributed by atoms with Crippen LogP contribution in [0.3, 0.4) is 0 Å². The van der Waals surface area contributed by atoms with E-state index in [0.29, 0.717) is 18.1 Å². The minimum atomic E-state index is -1.01. The molecule has 1 unspecified atom stereocenters. The molecule has 0 aromatic heterocycles. The predicted octanol–water partition coefficient (Wildman–Crippen LogP) is 0.0648. The number of carboxylic acid groups (broad SMARTS) is 1. The Labute approximate surface area is 122 Å². The highest BCUT2D eigenvalue weighted by Crippen LogP contribution is 2.18. The number of hydrogen-bond acceptors (Lipinski definition) is 4. The van der Waals surface area contributed by atoms with Crippen molar-refractivity contribution in [2.75, 3.05) is 31.6 Å². The summed E-state index contributed by atoms with van der Waals surface area (Å²) in [5.41, 5.74) is 0. The number of likely N-dealkylation sites (N-methyl/N-ethyl adjacent to an activating group) is 1.